The molecule has 0 unspecified atom stereocenters. The quantitative estimate of drug-likeness (QED) is 0.901. The van der Waals surface area contributed by atoms with E-state index in [9.17, 15) is 4.79 Å². The van der Waals surface area contributed by atoms with E-state index in [1.54, 1.807) is 12.3 Å². The number of amides is 2. The van der Waals surface area contributed by atoms with E-state index < -0.39 is 0 Å². The number of aryl methyl sites for hydroxylation is 1. The van der Waals surface area contributed by atoms with E-state index in [4.69, 9.17) is 4.74 Å². The molecule has 1 aromatic heterocycles. The fraction of sp³-hybridized carbons (Fsp3) is 0.368. The molecule has 2 aromatic rings. The highest BCUT2D eigenvalue weighted by Gasteiger charge is 2.27. The maximum atomic E-state index is 12.1. The summed E-state index contributed by atoms with van der Waals surface area (Å²) in [5.74, 6) is 0.829. The number of carbonyl (C=O) groups is 1. The Hall–Kier alpha value is -2.40. The average molecular weight is 325 g/mol. The van der Waals surface area contributed by atoms with E-state index in [-0.39, 0.29) is 18.1 Å². The van der Waals surface area contributed by atoms with E-state index in [2.05, 4.69) is 27.8 Å². The second kappa shape index (κ2) is 7.93. The minimum absolute atomic E-state index is 0.0396. The van der Waals surface area contributed by atoms with Crippen molar-refractivity contribution in [1.82, 2.24) is 10.3 Å². The van der Waals surface area contributed by atoms with Crippen LogP contribution in [0.4, 0.5) is 10.6 Å². The van der Waals surface area contributed by atoms with Crippen LogP contribution in [0.3, 0.4) is 0 Å². The first-order chi connectivity index (χ1) is 11.7. The van der Waals surface area contributed by atoms with Crippen molar-refractivity contribution in [2.24, 2.45) is 5.92 Å². The lowest BCUT2D eigenvalue weighted by molar-refractivity contribution is -0.0268. The fourth-order valence-corrected chi connectivity index (χ4v) is 2.99. The van der Waals surface area contributed by atoms with Crippen molar-refractivity contribution < 1.29 is 9.53 Å². The molecule has 2 N–H and O–H groups in total. The summed E-state index contributed by atoms with van der Waals surface area (Å²) in [4.78, 5) is 16.3. The molecule has 0 bridgehead atoms. The van der Waals surface area contributed by atoms with Gasteiger partial charge in [0.15, 0.2) is 0 Å². The molecule has 5 heteroatoms. The Morgan fingerprint density at radius 3 is 2.83 bits per heavy atom. The molecule has 1 aliphatic heterocycles. The van der Waals surface area contributed by atoms with Crippen LogP contribution in [0, 0.1) is 12.8 Å². The number of hydrogen-bond acceptors (Lipinski definition) is 3. The van der Waals surface area contributed by atoms with Gasteiger partial charge < -0.3 is 10.1 Å². The molecule has 1 aliphatic rings. The maximum Gasteiger partial charge on any atom is 0.320 e. The highest BCUT2D eigenvalue weighted by molar-refractivity contribution is 5.88. The number of ether oxygens (including phenoxy) is 1. The summed E-state index contributed by atoms with van der Waals surface area (Å²) in [5.41, 5.74) is 2.23. The van der Waals surface area contributed by atoms with Gasteiger partial charge in [-0.3, -0.25) is 5.32 Å². The number of benzene rings is 1. The lowest BCUT2D eigenvalue weighted by Gasteiger charge is -2.32. The maximum absolute atomic E-state index is 12.1. The summed E-state index contributed by atoms with van der Waals surface area (Å²) >= 11 is 0. The molecule has 5 nitrogen and oxygen atoms in total. The van der Waals surface area contributed by atoms with Gasteiger partial charge in [-0.05, 0) is 37.0 Å². The van der Waals surface area contributed by atoms with Gasteiger partial charge >= 0.3 is 6.03 Å². The first kappa shape index (κ1) is 16.5. The van der Waals surface area contributed by atoms with E-state index in [0.29, 0.717) is 12.4 Å². The predicted octanol–water partition coefficient (Wildman–Crippen LogP) is 3.68. The number of hydrogen-bond donors (Lipinski definition) is 2. The van der Waals surface area contributed by atoms with Gasteiger partial charge in [-0.2, -0.15) is 0 Å². The molecule has 2 amide bonds. The molecule has 0 saturated carbocycles. The molecule has 0 radical (unpaired) electrons. The standard InChI is InChI=1S/C19H23N3O2/c1-14-9-10-17(20-12-14)22-19(23)21-13-16-8-5-11-24-18(16)15-6-3-2-4-7-15/h2-4,6-7,9-10,12,16,18H,5,8,11,13H2,1H3,(H2,20,21,22,23)/t16-,18-/m1/s1. The third-order valence-electron chi connectivity index (χ3n) is 4.25. The Kier molecular flexibility index (Phi) is 5.43. The van der Waals surface area contributed by atoms with Crippen LogP contribution in [0.1, 0.15) is 30.1 Å². The molecule has 1 fully saturated rings. The second-order valence-corrected chi connectivity index (χ2v) is 6.16. The zero-order valence-corrected chi connectivity index (χ0v) is 13.9. The van der Waals surface area contributed by atoms with E-state index in [0.717, 1.165) is 25.0 Å². The Morgan fingerprint density at radius 2 is 2.08 bits per heavy atom. The van der Waals surface area contributed by atoms with Crippen LogP contribution in [0.5, 0.6) is 0 Å². The molecular weight excluding hydrogens is 302 g/mol. The van der Waals surface area contributed by atoms with Gasteiger partial charge in [0.1, 0.15) is 5.82 Å². The molecule has 3 rings (SSSR count). The van der Waals surface area contributed by atoms with Gasteiger partial charge in [-0.25, -0.2) is 9.78 Å². The Balaban J connectivity index is 1.55. The van der Waals surface area contributed by atoms with Crippen molar-refractivity contribution in [3.8, 4) is 0 Å². The molecule has 0 aliphatic carbocycles. The summed E-state index contributed by atoms with van der Waals surface area (Å²) in [6, 6.07) is 13.7. The molecule has 0 spiro atoms. The molecule has 24 heavy (non-hydrogen) atoms. The van der Waals surface area contributed by atoms with Gasteiger partial charge in [0.25, 0.3) is 0 Å². The molecule has 2 atom stereocenters. The van der Waals surface area contributed by atoms with Crippen molar-refractivity contribution in [3.05, 3.63) is 59.8 Å². The summed E-state index contributed by atoms with van der Waals surface area (Å²) in [5, 5.41) is 5.71. The number of urea groups is 1. The number of nitrogens with one attached hydrogen (secondary N) is 2. The van der Waals surface area contributed by atoms with Crippen molar-refractivity contribution in [2.75, 3.05) is 18.5 Å². The Labute approximate surface area is 142 Å². The van der Waals surface area contributed by atoms with Crippen molar-refractivity contribution in [3.63, 3.8) is 0 Å². The Bertz CT molecular complexity index is 658. The average Bonchev–Trinajstić information content (AvgIpc) is 2.63. The number of carbonyl (C=O) groups excluding carboxylic acids is 1. The third-order valence-corrected chi connectivity index (χ3v) is 4.25. The minimum atomic E-state index is -0.233. The topological polar surface area (TPSA) is 63.2 Å². The lowest BCUT2D eigenvalue weighted by Crippen LogP contribution is -2.37. The summed E-state index contributed by atoms with van der Waals surface area (Å²) in [6.45, 7) is 3.32. The molecular formula is C19H23N3O2. The zero-order valence-electron chi connectivity index (χ0n) is 13.9. The number of anilines is 1. The Morgan fingerprint density at radius 1 is 1.25 bits per heavy atom. The first-order valence-corrected chi connectivity index (χ1v) is 8.36. The SMILES string of the molecule is Cc1ccc(NC(=O)NC[C@H]2CCCO[C@@H]2c2ccccc2)nc1. The van der Waals surface area contributed by atoms with Gasteiger partial charge in [0, 0.05) is 25.3 Å². The monoisotopic (exact) mass is 325 g/mol. The number of rotatable bonds is 4. The molecule has 2 heterocycles. The normalized spacial score (nSPS) is 20.4. The van der Waals surface area contributed by atoms with Crippen LogP contribution in [-0.2, 0) is 4.74 Å². The highest BCUT2D eigenvalue weighted by atomic mass is 16.5. The zero-order chi connectivity index (χ0) is 16.8. The van der Waals surface area contributed by atoms with Crippen LogP contribution in [-0.4, -0.2) is 24.2 Å². The molecule has 1 aromatic carbocycles. The van der Waals surface area contributed by atoms with Crippen LogP contribution in [0.25, 0.3) is 0 Å². The van der Waals surface area contributed by atoms with Gasteiger partial charge in [-0.15, -0.1) is 0 Å². The number of aromatic nitrogens is 1. The fourth-order valence-electron chi connectivity index (χ4n) is 2.99. The van der Waals surface area contributed by atoms with Crippen LogP contribution in [0.15, 0.2) is 48.7 Å². The number of nitrogens with zero attached hydrogens (tertiary/aromatic N) is 1. The predicted molar refractivity (Wildman–Crippen MR) is 93.9 cm³/mol. The third kappa shape index (κ3) is 4.32. The van der Waals surface area contributed by atoms with E-state index in [1.807, 2.05) is 31.2 Å². The smallest absolute Gasteiger partial charge is 0.320 e. The molecule has 126 valence electrons. The number of pyridine rings is 1. The van der Waals surface area contributed by atoms with Crippen molar-refractivity contribution in [1.29, 1.82) is 0 Å². The largest absolute Gasteiger partial charge is 0.373 e. The minimum Gasteiger partial charge on any atom is -0.373 e. The second-order valence-electron chi connectivity index (χ2n) is 6.16. The van der Waals surface area contributed by atoms with Gasteiger partial charge in [0.2, 0.25) is 0 Å². The van der Waals surface area contributed by atoms with Crippen LogP contribution < -0.4 is 10.6 Å². The summed E-state index contributed by atoms with van der Waals surface area (Å²) < 4.78 is 5.96. The summed E-state index contributed by atoms with van der Waals surface area (Å²) in [7, 11) is 0. The van der Waals surface area contributed by atoms with Gasteiger partial charge in [0.05, 0.1) is 6.10 Å². The molecule has 1 saturated heterocycles. The van der Waals surface area contributed by atoms with Gasteiger partial charge in [-0.1, -0.05) is 36.4 Å². The summed E-state index contributed by atoms with van der Waals surface area (Å²) in [6.07, 6.45) is 3.84. The van der Waals surface area contributed by atoms with Crippen LogP contribution >= 0.6 is 0 Å². The highest BCUT2D eigenvalue weighted by Crippen LogP contribution is 2.33. The first-order valence-electron chi connectivity index (χ1n) is 8.36. The van der Waals surface area contributed by atoms with Crippen molar-refractivity contribution in [2.45, 2.75) is 25.9 Å². The lowest BCUT2D eigenvalue weighted by atomic mass is 9.89. The van der Waals surface area contributed by atoms with E-state index >= 15 is 0 Å². The van der Waals surface area contributed by atoms with E-state index in [1.165, 1.54) is 5.56 Å². The van der Waals surface area contributed by atoms with Crippen molar-refractivity contribution >= 4 is 11.8 Å². The van der Waals surface area contributed by atoms with Crippen LogP contribution in [0.2, 0.25) is 0 Å².